The van der Waals surface area contributed by atoms with Gasteiger partial charge in [-0.25, -0.2) is 15.0 Å². The highest BCUT2D eigenvalue weighted by Gasteiger charge is 2.21. The third-order valence-corrected chi connectivity index (χ3v) is 13.1. The molecule has 6 heteroatoms. The van der Waals surface area contributed by atoms with Crippen LogP contribution in [0.5, 0.6) is 0 Å². The lowest BCUT2D eigenvalue weighted by atomic mass is 9.95. The van der Waals surface area contributed by atoms with Gasteiger partial charge in [0.25, 0.3) is 0 Å². The van der Waals surface area contributed by atoms with Crippen molar-refractivity contribution >= 4 is 86.2 Å². The van der Waals surface area contributed by atoms with Crippen LogP contribution in [-0.2, 0) is 0 Å². The second-order valence-electron chi connectivity index (χ2n) is 15.5. The number of thiophene rings is 1. The number of para-hydroxylation sites is 1. The lowest BCUT2D eigenvalue weighted by Crippen LogP contribution is -2.00. The predicted octanol–water partition coefficient (Wildman–Crippen LogP) is 15.5. The number of nitrogens with zero attached hydrogens (tertiary/aromatic N) is 3. The van der Waals surface area contributed by atoms with E-state index >= 15 is 0 Å². The average Bonchev–Trinajstić information content (AvgIpc) is 4.02. The zero-order valence-corrected chi connectivity index (χ0v) is 33.3. The lowest BCUT2D eigenvalue weighted by Gasteiger charge is -2.10. The summed E-state index contributed by atoms with van der Waals surface area (Å²) < 4.78 is 15.9. The molecular formula is C55H31N3O2S. The second-order valence-corrected chi connectivity index (χ2v) is 16.6. The highest BCUT2D eigenvalue weighted by Crippen LogP contribution is 2.44. The van der Waals surface area contributed by atoms with Crippen LogP contribution >= 0.6 is 11.3 Å². The highest BCUT2D eigenvalue weighted by molar-refractivity contribution is 7.25. The van der Waals surface area contributed by atoms with Gasteiger partial charge in [-0.3, -0.25) is 0 Å². The van der Waals surface area contributed by atoms with Gasteiger partial charge in [-0.1, -0.05) is 146 Å². The van der Waals surface area contributed by atoms with Gasteiger partial charge in [-0.2, -0.15) is 0 Å². The van der Waals surface area contributed by atoms with Crippen molar-refractivity contribution in [2.45, 2.75) is 0 Å². The number of aromatic nitrogens is 3. The minimum absolute atomic E-state index is 0.583. The monoisotopic (exact) mass is 797 g/mol. The van der Waals surface area contributed by atoms with Crippen molar-refractivity contribution in [1.29, 1.82) is 0 Å². The van der Waals surface area contributed by atoms with Crippen LogP contribution in [0.25, 0.3) is 131 Å². The van der Waals surface area contributed by atoms with Gasteiger partial charge in [-0.05, 0) is 69.9 Å². The summed E-state index contributed by atoms with van der Waals surface area (Å²) in [5, 5.41) is 8.98. The van der Waals surface area contributed by atoms with Gasteiger partial charge < -0.3 is 8.83 Å². The van der Waals surface area contributed by atoms with E-state index in [4.69, 9.17) is 23.8 Å². The summed E-state index contributed by atoms with van der Waals surface area (Å²) >= 11 is 1.83. The summed E-state index contributed by atoms with van der Waals surface area (Å²) in [6.07, 6.45) is 0. The van der Waals surface area contributed by atoms with E-state index in [9.17, 15) is 0 Å². The first-order valence-electron chi connectivity index (χ1n) is 20.3. The normalized spacial score (nSPS) is 11.9. The Bertz CT molecular complexity index is 3900. The minimum Gasteiger partial charge on any atom is -0.456 e. The Labute approximate surface area is 352 Å². The first kappa shape index (κ1) is 34.0. The summed E-state index contributed by atoms with van der Waals surface area (Å²) in [6, 6.07) is 65.6. The molecule has 4 heterocycles. The van der Waals surface area contributed by atoms with E-state index in [1.54, 1.807) is 0 Å². The van der Waals surface area contributed by atoms with Crippen LogP contribution in [-0.4, -0.2) is 15.0 Å². The molecule has 13 rings (SSSR count). The van der Waals surface area contributed by atoms with E-state index in [2.05, 4.69) is 146 Å². The van der Waals surface area contributed by atoms with Crippen LogP contribution in [0, 0.1) is 0 Å². The molecule has 9 aromatic carbocycles. The van der Waals surface area contributed by atoms with Gasteiger partial charge in [0.05, 0.1) is 0 Å². The largest absolute Gasteiger partial charge is 0.456 e. The van der Waals surface area contributed by atoms with Gasteiger partial charge in [0.1, 0.15) is 22.3 Å². The third-order valence-electron chi connectivity index (χ3n) is 11.9. The smallest absolute Gasteiger partial charge is 0.164 e. The molecule has 0 aliphatic rings. The fourth-order valence-electron chi connectivity index (χ4n) is 9.06. The van der Waals surface area contributed by atoms with Crippen molar-refractivity contribution in [3.63, 3.8) is 0 Å². The Hall–Kier alpha value is -7.93. The summed E-state index contributed by atoms with van der Waals surface area (Å²) in [4.78, 5) is 15.3. The predicted molar refractivity (Wildman–Crippen MR) is 252 cm³/mol. The standard InChI is InChI=1S/C55H31N3O2S/c1-2-12-33(13-3-1)53-56-54(37-24-23-32-11-4-5-14-34(32)29-37)58-55(57-53)43-19-10-20-46-51(43)44-30-35(26-28-45(44)59-46)38-16-9-21-47-50(38)42-18-8-17-39(52(42)60-47)36-25-27-41-40-15-6-7-22-48(40)61-49(41)31-36/h1-31H. The SMILES string of the molecule is c1ccc(-c2nc(-c3ccc4ccccc4c3)nc(-c3cccc4oc5ccc(-c6cccc7oc8c(-c9ccc%10c(c9)sc9ccccc9%10)cccc8c67)cc5c34)n2)cc1. The molecule has 0 radical (unpaired) electrons. The molecule has 0 N–H and O–H groups in total. The molecule has 0 atom stereocenters. The molecule has 0 aliphatic heterocycles. The minimum atomic E-state index is 0.583. The molecule has 0 amide bonds. The summed E-state index contributed by atoms with van der Waals surface area (Å²) in [6.45, 7) is 0. The molecule has 0 saturated carbocycles. The van der Waals surface area contributed by atoms with E-state index < -0.39 is 0 Å². The summed E-state index contributed by atoms with van der Waals surface area (Å²) in [5.74, 6) is 1.81. The molecular weight excluding hydrogens is 767 g/mol. The fraction of sp³-hybridized carbons (Fsp3) is 0. The number of fused-ring (bicyclic) bond motifs is 10. The van der Waals surface area contributed by atoms with Gasteiger partial charge in [0, 0.05) is 64.0 Å². The molecule has 284 valence electrons. The Balaban J connectivity index is 0.977. The Morgan fingerprint density at radius 1 is 0.328 bits per heavy atom. The Morgan fingerprint density at radius 2 is 0.967 bits per heavy atom. The number of furan rings is 2. The molecule has 13 aromatic rings. The molecule has 0 unspecified atom stereocenters. The van der Waals surface area contributed by atoms with Crippen molar-refractivity contribution in [1.82, 2.24) is 15.0 Å². The molecule has 4 aromatic heterocycles. The van der Waals surface area contributed by atoms with Crippen LogP contribution in [0.2, 0.25) is 0 Å². The van der Waals surface area contributed by atoms with Crippen molar-refractivity contribution in [3.05, 3.63) is 188 Å². The van der Waals surface area contributed by atoms with Crippen molar-refractivity contribution < 1.29 is 8.83 Å². The van der Waals surface area contributed by atoms with Crippen LogP contribution in [0.15, 0.2) is 197 Å². The second kappa shape index (κ2) is 13.3. The van der Waals surface area contributed by atoms with Gasteiger partial charge >= 0.3 is 0 Å². The number of hydrogen-bond donors (Lipinski definition) is 0. The first-order valence-corrected chi connectivity index (χ1v) is 21.1. The molecule has 0 saturated heterocycles. The quantitative estimate of drug-likeness (QED) is 0.174. The molecule has 0 bridgehead atoms. The maximum atomic E-state index is 6.77. The molecule has 61 heavy (non-hydrogen) atoms. The Morgan fingerprint density at radius 3 is 1.87 bits per heavy atom. The van der Waals surface area contributed by atoms with Crippen molar-refractivity contribution in [2.24, 2.45) is 0 Å². The summed E-state index contributed by atoms with van der Waals surface area (Å²) in [7, 11) is 0. The van der Waals surface area contributed by atoms with Gasteiger partial charge in [-0.15, -0.1) is 11.3 Å². The van der Waals surface area contributed by atoms with E-state index in [1.807, 2.05) is 53.8 Å². The van der Waals surface area contributed by atoms with Crippen LogP contribution in [0.1, 0.15) is 0 Å². The van der Waals surface area contributed by atoms with Crippen molar-refractivity contribution in [2.75, 3.05) is 0 Å². The zero-order valence-electron chi connectivity index (χ0n) is 32.5. The van der Waals surface area contributed by atoms with E-state index in [0.29, 0.717) is 17.5 Å². The van der Waals surface area contributed by atoms with E-state index in [0.717, 1.165) is 88.2 Å². The lowest BCUT2D eigenvalue weighted by molar-refractivity contribution is 0.669. The molecule has 5 nitrogen and oxygen atoms in total. The van der Waals surface area contributed by atoms with Crippen molar-refractivity contribution in [3.8, 4) is 56.4 Å². The third kappa shape index (κ3) is 5.43. The zero-order chi connectivity index (χ0) is 40.0. The van der Waals surface area contributed by atoms with Crippen LogP contribution in [0.4, 0.5) is 0 Å². The maximum absolute atomic E-state index is 6.77. The number of rotatable bonds is 5. The average molecular weight is 798 g/mol. The van der Waals surface area contributed by atoms with Gasteiger partial charge in [0.2, 0.25) is 0 Å². The van der Waals surface area contributed by atoms with E-state index in [-0.39, 0.29) is 0 Å². The number of benzene rings is 9. The first-order chi connectivity index (χ1) is 30.2. The number of hydrogen-bond acceptors (Lipinski definition) is 6. The summed E-state index contributed by atoms with van der Waals surface area (Å²) in [5.41, 5.74) is 10.4. The molecule has 0 spiro atoms. The topological polar surface area (TPSA) is 65.0 Å². The highest BCUT2D eigenvalue weighted by atomic mass is 32.1. The Kier molecular flexibility index (Phi) is 7.41. The van der Waals surface area contributed by atoms with Gasteiger partial charge in [0.15, 0.2) is 17.5 Å². The van der Waals surface area contributed by atoms with Crippen LogP contribution < -0.4 is 0 Å². The van der Waals surface area contributed by atoms with E-state index in [1.165, 1.54) is 25.6 Å². The van der Waals surface area contributed by atoms with Crippen LogP contribution in [0.3, 0.4) is 0 Å². The molecule has 0 fully saturated rings. The fourth-order valence-corrected chi connectivity index (χ4v) is 10.2. The molecule has 0 aliphatic carbocycles. The maximum Gasteiger partial charge on any atom is 0.164 e.